The Balaban J connectivity index is 2.65. The Morgan fingerprint density at radius 2 is 0.929 bits per heavy atom. The van der Waals surface area contributed by atoms with E-state index in [0.29, 0.717) is 0 Å². The van der Waals surface area contributed by atoms with Gasteiger partial charge in [-0.3, -0.25) is 0 Å². The lowest BCUT2D eigenvalue weighted by molar-refractivity contribution is 0.471. The topological polar surface area (TPSA) is 120 Å². The van der Waals surface area contributed by atoms with E-state index >= 15 is 0 Å². The predicted molar refractivity (Wildman–Crippen MR) is 52.3 cm³/mol. The van der Waals surface area contributed by atoms with E-state index in [9.17, 15) is 16.8 Å². The molecule has 6 nitrogen and oxygen atoms in total. The quantitative estimate of drug-likeness (QED) is 0.636. The van der Waals surface area contributed by atoms with Crippen molar-refractivity contribution in [1.29, 1.82) is 0 Å². The van der Waals surface area contributed by atoms with Crippen molar-refractivity contribution >= 4 is 20.0 Å². The molecule has 0 unspecified atom stereocenters. The molecule has 0 amide bonds. The van der Waals surface area contributed by atoms with Gasteiger partial charge in [-0.1, -0.05) is 0 Å². The molecular weight excluding hydrogens is 228 g/mol. The van der Waals surface area contributed by atoms with E-state index in [4.69, 9.17) is 10.3 Å². The summed E-state index contributed by atoms with van der Waals surface area (Å²) in [5, 5.41) is 8.69. The third-order valence-electron chi connectivity index (χ3n) is 2.55. The number of rotatable bonds is 2. The maximum Gasteiger partial charge on any atom is 0.211 e. The highest BCUT2D eigenvalue weighted by molar-refractivity contribution is 7.90. The van der Waals surface area contributed by atoms with Gasteiger partial charge in [0.25, 0.3) is 0 Å². The first-order chi connectivity index (χ1) is 6.21. The van der Waals surface area contributed by atoms with Crippen molar-refractivity contribution in [1.82, 2.24) is 0 Å². The zero-order valence-corrected chi connectivity index (χ0v) is 9.22. The van der Waals surface area contributed by atoms with Gasteiger partial charge in [0.1, 0.15) is 0 Å². The van der Waals surface area contributed by atoms with Gasteiger partial charge in [0, 0.05) is 0 Å². The van der Waals surface area contributed by atoms with E-state index < -0.39 is 30.5 Å². The molecule has 0 heterocycles. The van der Waals surface area contributed by atoms with E-state index in [1.54, 1.807) is 0 Å². The highest BCUT2D eigenvalue weighted by atomic mass is 32.2. The van der Waals surface area contributed by atoms with Crippen molar-refractivity contribution in [2.75, 3.05) is 0 Å². The zero-order chi connectivity index (χ0) is 11.0. The summed E-state index contributed by atoms with van der Waals surface area (Å²) in [4.78, 5) is 0. The molecule has 0 aromatic heterocycles. The van der Waals surface area contributed by atoms with Crippen LogP contribution in [0, 0.1) is 0 Å². The molecule has 8 heteroatoms. The normalized spacial score (nSPS) is 30.1. The lowest BCUT2D eigenvalue weighted by atomic mass is 10.00. The minimum Gasteiger partial charge on any atom is -0.228 e. The Hall–Kier alpha value is -0.180. The first kappa shape index (κ1) is 11.9. The smallest absolute Gasteiger partial charge is 0.211 e. The van der Waals surface area contributed by atoms with Crippen molar-refractivity contribution in [3.63, 3.8) is 0 Å². The van der Waals surface area contributed by atoms with E-state index in [1.807, 2.05) is 0 Å². The van der Waals surface area contributed by atoms with Crippen molar-refractivity contribution in [2.24, 2.45) is 10.3 Å². The Morgan fingerprint density at radius 1 is 0.714 bits per heavy atom. The summed E-state index contributed by atoms with van der Waals surface area (Å²) >= 11 is 0. The van der Waals surface area contributed by atoms with Crippen molar-refractivity contribution < 1.29 is 16.8 Å². The molecule has 0 aromatic carbocycles. The summed E-state index contributed by atoms with van der Waals surface area (Å²) in [7, 11) is -7.06. The van der Waals surface area contributed by atoms with E-state index in [2.05, 4.69) is 0 Å². The summed E-state index contributed by atoms with van der Waals surface area (Å²) in [6.45, 7) is 0. The average molecular weight is 242 g/mol. The van der Waals surface area contributed by atoms with Crippen LogP contribution in [-0.4, -0.2) is 27.3 Å². The predicted octanol–water partition coefficient (Wildman–Crippen LogP) is -1.13. The van der Waals surface area contributed by atoms with Crippen LogP contribution in [0.3, 0.4) is 0 Å². The standard InChI is InChI=1S/C6H14N2O4S2/c7-13(9,10)5-1-2-6(4-3-5)14(8,11)12/h5-6H,1-4H2,(H2,7,9,10)(H2,8,11,12). The molecule has 0 saturated heterocycles. The minimum atomic E-state index is -3.53. The zero-order valence-electron chi connectivity index (χ0n) is 7.59. The molecule has 4 N–H and O–H groups in total. The van der Waals surface area contributed by atoms with E-state index in [0.717, 1.165) is 0 Å². The molecule has 1 rings (SSSR count). The number of sulfonamides is 2. The SMILES string of the molecule is NS(=O)(=O)C1CCC(S(N)(=O)=O)CC1. The van der Waals surface area contributed by atoms with Gasteiger partial charge >= 0.3 is 0 Å². The van der Waals surface area contributed by atoms with Gasteiger partial charge in [0.15, 0.2) is 0 Å². The van der Waals surface area contributed by atoms with Gasteiger partial charge in [-0.05, 0) is 25.7 Å². The number of nitrogens with two attached hydrogens (primary N) is 2. The van der Waals surface area contributed by atoms with Crippen molar-refractivity contribution in [3.05, 3.63) is 0 Å². The fourth-order valence-corrected chi connectivity index (χ4v) is 3.55. The van der Waals surface area contributed by atoms with Crippen LogP contribution in [0.25, 0.3) is 0 Å². The summed E-state index contributed by atoms with van der Waals surface area (Å²) in [5.41, 5.74) is 0. The second kappa shape index (κ2) is 3.76. The van der Waals surface area contributed by atoms with Gasteiger partial charge in [0.05, 0.1) is 10.5 Å². The molecule has 14 heavy (non-hydrogen) atoms. The average Bonchev–Trinajstić information content (AvgIpc) is 2.01. The number of hydrogen-bond donors (Lipinski definition) is 2. The van der Waals surface area contributed by atoms with Crippen LogP contribution in [0.15, 0.2) is 0 Å². The Bertz CT molecular complexity index is 352. The maximum atomic E-state index is 10.9. The van der Waals surface area contributed by atoms with E-state index in [1.165, 1.54) is 0 Å². The number of primary sulfonamides is 2. The van der Waals surface area contributed by atoms with Crippen molar-refractivity contribution in [3.8, 4) is 0 Å². The fraction of sp³-hybridized carbons (Fsp3) is 1.00. The molecular formula is C6H14N2O4S2. The number of hydrogen-bond acceptors (Lipinski definition) is 4. The van der Waals surface area contributed by atoms with Crippen LogP contribution in [0.4, 0.5) is 0 Å². The van der Waals surface area contributed by atoms with Gasteiger partial charge in [0.2, 0.25) is 20.0 Å². The molecule has 1 aliphatic rings. The lowest BCUT2D eigenvalue weighted by Gasteiger charge is -2.25. The largest absolute Gasteiger partial charge is 0.228 e. The second-order valence-corrected chi connectivity index (χ2v) is 7.27. The second-order valence-electron chi connectivity index (χ2n) is 3.58. The van der Waals surface area contributed by atoms with Crippen LogP contribution in [0.2, 0.25) is 0 Å². The van der Waals surface area contributed by atoms with E-state index in [-0.39, 0.29) is 25.7 Å². The molecule has 1 aliphatic carbocycles. The van der Waals surface area contributed by atoms with Gasteiger partial charge in [-0.15, -0.1) is 0 Å². The van der Waals surface area contributed by atoms with Crippen LogP contribution >= 0.6 is 0 Å². The summed E-state index contributed by atoms with van der Waals surface area (Å²) in [6.07, 6.45) is 1.11. The maximum absolute atomic E-state index is 10.9. The molecule has 0 bridgehead atoms. The molecule has 84 valence electrons. The van der Waals surface area contributed by atoms with Gasteiger partial charge in [-0.2, -0.15) is 0 Å². The molecule has 0 aliphatic heterocycles. The lowest BCUT2D eigenvalue weighted by Crippen LogP contribution is -2.38. The van der Waals surface area contributed by atoms with Crippen LogP contribution < -0.4 is 10.3 Å². The molecule has 0 aromatic rings. The fourth-order valence-electron chi connectivity index (χ4n) is 1.69. The third kappa shape index (κ3) is 2.91. The summed E-state index contributed by atoms with van der Waals surface area (Å²) in [5.74, 6) is 0. The Morgan fingerprint density at radius 3 is 1.07 bits per heavy atom. The highest BCUT2D eigenvalue weighted by Crippen LogP contribution is 2.26. The first-order valence-corrected chi connectivity index (χ1v) is 7.46. The molecule has 0 spiro atoms. The van der Waals surface area contributed by atoms with Crippen LogP contribution in [0.5, 0.6) is 0 Å². The third-order valence-corrected chi connectivity index (χ3v) is 5.35. The molecule has 1 fully saturated rings. The molecule has 0 atom stereocenters. The minimum absolute atomic E-state index is 0.278. The highest BCUT2D eigenvalue weighted by Gasteiger charge is 2.32. The van der Waals surface area contributed by atoms with Crippen LogP contribution in [-0.2, 0) is 20.0 Å². The molecule has 1 saturated carbocycles. The summed E-state index contributed by atoms with van der Waals surface area (Å²) in [6, 6.07) is 0. The van der Waals surface area contributed by atoms with Crippen molar-refractivity contribution in [2.45, 2.75) is 36.2 Å². The Labute approximate surface area is 83.8 Å². The van der Waals surface area contributed by atoms with Gasteiger partial charge in [-0.25, -0.2) is 27.1 Å². The first-order valence-electron chi connectivity index (χ1n) is 4.24. The summed E-state index contributed by atoms with van der Waals surface area (Å²) < 4.78 is 43.8. The van der Waals surface area contributed by atoms with Crippen LogP contribution in [0.1, 0.15) is 25.7 Å². The van der Waals surface area contributed by atoms with Gasteiger partial charge < -0.3 is 0 Å². The monoisotopic (exact) mass is 242 g/mol. The Kier molecular flexibility index (Phi) is 3.20. The molecule has 0 radical (unpaired) electrons.